The van der Waals surface area contributed by atoms with E-state index in [0.717, 1.165) is 16.0 Å². The average Bonchev–Trinajstić information content (AvgIpc) is 2.86. The van der Waals surface area contributed by atoms with Gasteiger partial charge in [0.1, 0.15) is 11.2 Å². The Kier molecular flexibility index (Phi) is 6.96. The van der Waals surface area contributed by atoms with E-state index in [4.69, 9.17) is 4.74 Å². The molecule has 0 unspecified atom stereocenters. The monoisotopic (exact) mass is 458 g/mol. The molecule has 1 aliphatic heterocycles. The van der Waals surface area contributed by atoms with Crippen LogP contribution in [0.2, 0.25) is 0 Å². The molecular weight excluding hydrogens is 432 g/mol. The van der Waals surface area contributed by atoms with Crippen LogP contribution in [0, 0.1) is 5.41 Å². The van der Waals surface area contributed by atoms with Crippen LogP contribution < -0.4 is 15.0 Å². The predicted molar refractivity (Wildman–Crippen MR) is 126 cm³/mol. The molecular formula is C26H26N4O4. The molecule has 8 heteroatoms. The summed E-state index contributed by atoms with van der Waals surface area (Å²) in [6, 6.07) is 13.4. The lowest BCUT2D eigenvalue weighted by atomic mass is 9.74. The second kappa shape index (κ2) is 10.2. The number of ether oxygens (including phenoxy) is 1. The van der Waals surface area contributed by atoms with Gasteiger partial charge in [-0.1, -0.05) is 0 Å². The number of urea groups is 1. The number of pyridine rings is 2. The van der Waals surface area contributed by atoms with Crippen molar-refractivity contribution in [1.82, 2.24) is 15.3 Å². The fourth-order valence-electron chi connectivity index (χ4n) is 4.15. The van der Waals surface area contributed by atoms with Crippen LogP contribution in [0.1, 0.15) is 30.9 Å². The highest BCUT2D eigenvalue weighted by molar-refractivity contribution is 6.29. The lowest BCUT2D eigenvalue weighted by Crippen LogP contribution is -2.64. The maximum absolute atomic E-state index is 13.9. The van der Waals surface area contributed by atoms with Crippen LogP contribution in [0.5, 0.6) is 5.75 Å². The second-order valence-electron chi connectivity index (χ2n) is 8.12. The Balaban J connectivity index is 1.67. The molecule has 8 nitrogen and oxygen atoms in total. The number of nitrogens with zero attached hydrogens (tertiary/aromatic N) is 3. The number of benzene rings is 1. The molecule has 3 heterocycles. The van der Waals surface area contributed by atoms with Gasteiger partial charge in [0.15, 0.2) is 0 Å². The van der Waals surface area contributed by atoms with E-state index < -0.39 is 23.3 Å². The van der Waals surface area contributed by atoms with Crippen molar-refractivity contribution in [2.24, 2.45) is 5.41 Å². The third-order valence-corrected chi connectivity index (χ3v) is 6.06. The number of carbonyl (C=O) groups excluding carboxylic acids is 3. The Morgan fingerprint density at radius 2 is 1.35 bits per heavy atom. The number of hydrogen-bond acceptors (Lipinski definition) is 6. The van der Waals surface area contributed by atoms with E-state index in [1.165, 1.54) is 0 Å². The van der Waals surface area contributed by atoms with Gasteiger partial charge in [0.05, 0.1) is 12.3 Å². The minimum absolute atomic E-state index is 0.258. The fraction of sp³-hybridized carbons (Fsp3) is 0.269. The van der Waals surface area contributed by atoms with Crippen LogP contribution >= 0.6 is 0 Å². The van der Waals surface area contributed by atoms with Crippen molar-refractivity contribution in [2.45, 2.75) is 32.6 Å². The van der Waals surface area contributed by atoms with E-state index in [-0.39, 0.29) is 12.8 Å². The second-order valence-corrected chi connectivity index (χ2v) is 8.12. The Morgan fingerprint density at radius 1 is 0.824 bits per heavy atom. The number of rotatable bonds is 9. The Bertz CT molecular complexity index is 1110. The van der Waals surface area contributed by atoms with E-state index >= 15 is 0 Å². The van der Waals surface area contributed by atoms with Gasteiger partial charge in [-0.15, -0.1) is 0 Å². The van der Waals surface area contributed by atoms with Crippen molar-refractivity contribution in [3.05, 3.63) is 84.4 Å². The minimum atomic E-state index is -1.40. The summed E-state index contributed by atoms with van der Waals surface area (Å²) in [5.41, 5.74) is 0.904. The first-order chi connectivity index (χ1) is 16.5. The van der Waals surface area contributed by atoms with Crippen molar-refractivity contribution < 1.29 is 19.1 Å². The van der Waals surface area contributed by atoms with Crippen molar-refractivity contribution in [1.29, 1.82) is 0 Å². The van der Waals surface area contributed by atoms with Gasteiger partial charge in [-0.25, -0.2) is 9.69 Å². The highest BCUT2D eigenvalue weighted by Crippen LogP contribution is 2.37. The number of aryl methyl sites for hydroxylation is 2. The molecule has 1 fully saturated rings. The van der Waals surface area contributed by atoms with Crippen molar-refractivity contribution >= 4 is 23.5 Å². The van der Waals surface area contributed by atoms with Crippen molar-refractivity contribution in [2.75, 3.05) is 11.5 Å². The maximum atomic E-state index is 13.9. The number of anilines is 1. The first-order valence-corrected chi connectivity index (χ1v) is 11.2. The number of carbonyl (C=O) groups is 3. The maximum Gasteiger partial charge on any atom is 0.335 e. The zero-order valence-corrected chi connectivity index (χ0v) is 18.9. The third kappa shape index (κ3) is 4.80. The molecule has 4 rings (SSSR count). The molecule has 0 bridgehead atoms. The summed E-state index contributed by atoms with van der Waals surface area (Å²) in [6.45, 7) is 2.38. The Morgan fingerprint density at radius 3 is 1.85 bits per heavy atom. The molecule has 1 N–H and O–H groups in total. The molecule has 1 aromatic carbocycles. The molecule has 0 spiro atoms. The number of aromatic nitrogens is 2. The normalized spacial score (nSPS) is 15.2. The van der Waals surface area contributed by atoms with Crippen LogP contribution in [0.15, 0.2) is 73.3 Å². The Labute approximate surface area is 198 Å². The summed E-state index contributed by atoms with van der Waals surface area (Å²) in [5.74, 6) is -0.449. The van der Waals surface area contributed by atoms with E-state index in [1.54, 1.807) is 49.1 Å². The van der Waals surface area contributed by atoms with E-state index in [2.05, 4.69) is 15.3 Å². The number of barbiturate groups is 1. The molecule has 0 saturated carbocycles. The minimum Gasteiger partial charge on any atom is -0.494 e. The smallest absolute Gasteiger partial charge is 0.335 e. The topological polar surface area (TPSA) is 101 Å². The van der Waals surface area contributed by atoms with Gasteiger partial charge < -0.3 is 4.74 Å². The van der Waals surface area contributed by atoms with Gasteiger partial charge in [0.25, 0.3) is 5.91 Å². The standard InChI is InChI=1S/C26H26N4O4/c1-2-34-22-5-3-21(4-6-22)30-24(32)26(23(31)29-25(30)33,13-7-19-9-15-27-16-10-19)14-8-20-11-17-28-18-12-20/h3-6,9-12,15-18H,2,7-8,13-14H2,1H3,(H,29,31,33). The molecule has 0 aliphatic carbocycles. The third-order valence-electron chi connectivity index (χ3n) is 6.06. The van der Waals surface area contributed by atoms with Gasteiger partial charge in [0, 0.05) is 24.8 Å². The molecule has 0 radical (unpaired) electrons. The summed E-state index contributed by atoms with van der Waals surface area (Å²) < 4.78 is 5.47. The van der Waals surface area contributed by atoms with E-state index in [0.29, 0.717) is 30.9 Å². The van der Waals surface area contributed by atoms with Gasteiger partial charge in [-0.3, -0.25) is 24.9 Å². The van der Waals surface area contributed by atoms with Gasteiger partial charge in [-0.2, -0.15) is 0 Å². The average molecular weight is 459 g/mol. The van der Waals surface area contributed by atoms with Crippen LogP contribution in [-0.4, -0.2) is 34.4 Å². The first-order valence-electron chi connectivity index (χ1n) is 11.2. The number of imide groups is 2. The van der Waals surface area contributed by atoms with Crippen molar-refractivity contribution in [3.8, 4) is 5.75 Å². The number of amides is 4. The summed E-state index contributed by atoms with van der Waals surface area (Å²) in [7, 11) is 0. The van der Waals surface area contributed by atoms with Crippen LogP contribution in [0.25, 0.3) is 0 Å². The zero-order valence-electron chi connectivity index (χ0n) is 18.9. The molecule has 0 atom stereocenters. The van der Waals surface area contributed by atoms with Crippen molar-refractivity contribution in [3.63, 3.8) is 0 Å². The highest BCUT2D eigenvalue weighted by atomic mass is 16.5. The number of nitrogens with one attached hydrogen (secondary N) is 1. The molecule has 4 amide bonds. The lowest BCUT2D eigenvalue weighted by molar-refractivity contribution is -0.143. The summed E-state index contributed by atoms with van der Waals surface area (Å²) in [5, 5.41) is 2.43. The summed E-state index contributed by atoms with van der Waals surface area (Å²) >= 11 is 0. The lowest BCUT2D eigenvalue weighted by Gasteiger charge is -2.39. The van der Waals surface area contributed by atoms with Crippen LogP contribution in [0.4, 0.5) is 10.5 Å². The molecule has 2 aromatic heterocycles. The van der Waals surface area contributed by atoms with E-state index in [1.807, 2.05) is 31.2 Å². The summed E-state index contributed by atoms with van der Waals surface area (Å²) in [4.78, 5) is 49.1. The SMILES string of the molecule is CCOc1ccc(N2C(=O)NC(=O)C(CCc3ccncc3)(CCc3ccncc3)C2=O)cc1. The van der Waals surface area contributed by atoms with Gasteiger partial charge in [0.2, 0.25) is 5.91 Å². The molecule has 1 aliphatic rings. The first kappa shape index (κ1) is 23.1. The van der Waals surface area contributed by atoms with E-state index in [9.17, 15) is 14.4 Å². The zero-order chi connectivity index (χ0) is 24.0. The summed E-state index contributed by atoms with van der Waals surface area (Å²) in [6.07, 6.45) is 8.21. The number of hydrogen-bond donors (Lipinski definition) is 1. The molecule has 3 aromatic rings. The van der Waals surface area contributed by atoms with Crippen LogP contribution in [-0.2, 0) is 22.4 Å². The van der Waals surface area contributed by atoms with Gasteiger partial charge >= 0.3 is 6.03 Å². The predicted octanol–water partition coefficient (Wildman–Crippen LogP) is 3.71. The fourth-order valence-corrected chi connectivity index (χ4v) is 4.15. The van der Waals surface area contributed by atoms with Crippen LogP contribution in [0.3, 0.4) is 0 Å². The highest BCUT2D eigenvalue weighted by Gasteiger charge is 2.53. The quantitative estimate of drug-likeness (QED) is 0.491. The van der Waals surface area contributed by atoms with Gasteiger partial charge in [-0.05, 0) is 92.3 Å². The largest absolute Gasteiger partial charge is 0.494 e. The molecule has 174 valence electrons. The molecule has 34 heavy (non-hydrogen) atoms. The molecule has 1 saturated heterocycles. The Hall–Kier alpha value is -4.07.